The van der Waals surface area contributed by atoms with Gasteiger partial charge in [0.2, 0.25) is 6.54 Å². The first-order valence-corrected chi connectivity index (χ1v) is 4.39. The zero-order valence-electron chi connectivity index (χ0n) is 8.03. The van der Waals surface area contributed by atoms with Crippen molar-refractivity contribution >= 4 is 0 Å². The molecule has 0 bridgehead atoms. The first-order valence-electron chi connectivity index (χ1n) is 4.39. The van der Waals surface area contributed by atoms with Crippen LogP contribution in [0, 0.1) is 6.57 Å². The third-order valence-corrected chi connectivity index (χ3v) is 1.95. The van der Waals surface area contributed by atoms with Crippen LogP contribution in [0.3, 0.4) is 0 Å². The molecule has 1 atom stereocenters. The van der Waals surface area contributed by atoms with Crippen molar-refractivity contribution in [1.82, 2.24) is 0 Å². The number of alkyl halides is 1. The van der Waals surface area contributed by atoms with Crippen LogP contribution in [0.15, 0.2) is 24.3 Å². The molecular weight excluding hydrogens is 181 g/mol. The molecule has 0 spiro atoms. The van der Waals surface area contributed by atoms with Gasteiger partial charge in [-0.25, -0.2) is 11.0 Å². The molecule has 3 heteroatoms. The molecule has 0 aromatic heterocycles. The lowest BCUT2D eigenvalue weighted by Crippen LogP contribution is -1.94. The Balaban J connectivity index is 2.70. The van der Waals surface area contributed by atoms with Crippen LogP contribution in [-0.4, -0.2) is 13.7 Å². The number of nitrogens with zero attached hydrogens (tertiary/aromatic N) is 1. The Morgan fingerprint density at radius 2 is 2.36 bits per heavy atom. The molecule has 0 fully saturated rings. The minimum Gasteiger partial charge on any atom is -0.497 e. The summed E-state index contributed by atoms with van der Waals surface area (Å²) >= 11 is 0. The summed E-state index contributed by atoms with van der Waals surface area (Å²) in [6.07, 6.45) is -0.823. The molecular formula is C11H12FNO. The van der Waals surface area contributed by atoms with Gasteiger partial charge in [-0.15, -0.1) is 0 Å². The van der Waals surface area contributed by atoms with Crippen molar-refractivity contribution in [3.05, 3.63) is 41.2 Å². The Morgan fingerprint density at radius 1 is 1.57 bits per heavy atom. The molecule has 1 unspecified atom stereocenters. The minimum absolute atomic E-state index is 0.221. The summed E-state index contributed by atoms with van der Waals surface area (Å²) in [6, 6.07) is 6.88. The van der Waals surface area contributed by atoms with Crippen LogP contribution < -0.4 is 4.74 Å². The predicted molar refractivity (Wildman–Crippen MR) is 52.9 cm³/mol. The molecule has 14 heavy (non-hydrogen) atoms. The fourth-order valence-electron chi connectivity index (χ4n) is 1.18. The lowest BCUT2D eigenvalue weighted by atomic mass is 10.1. The summed E-state index contributed by atoms with van der Waals surface area (Å²) < 4.78 is 18.4. The highest BCUT2D eigenvalue weighted by Gasteiger charge is 2.11. The van der Waals surface area contributed by atoms with E-state index in [9.17, 15) is 4.39 Å². The monoisotopic (exact) mass is 193 g/mol. The molecule has 1 aromatic rings. The Hall–Kier alpha value is -1.56. The highest BCUT2D eigenvalue weighted by molar-refractivity contribution is 5.29. The Labute approximate surface area is 83.1 Å². The second-order valence-corrected chi connectivity index (χ2v) is 2.91. The molecule has 1 rings (SSSR count). The van der Waals surface area contributed by atoms with E-state index in [0.717, 1.165) is 0 Å². The second kappa shape index (κ2) is 5.23. The van der Waals surface area contributed by atoms with E-state index in [1.54, 1.807) is 31.4 Å². The van der Waals surface area contributed by atoms with Gasteiger partial charge in [-0.3, -0.25) is 0 Å². The molecule has 0 N–H and O–H groups in total. The average molecular weight is 193 g/mol. The van der Waals surface area contributed by atoms with Gasteiger partial charge in [-0.1, -0.05) is 12.1 Å². The third kappa shape index (κ3) is 2.74. The van der Waals surface area contributed by atoms with Gasteiger partial charge in [0, 0.05) is 0 Å². The van der Waals surface area contributed by atoms with Crippen LogP contribution in [0.1, 0.15) is 18.2 Å². The molecule has 0 amide bonds. The molecule has 0 radical (unpaired) electrons. The lowest BCUT2D eigenvalue weighted by Gasteiger charge is -2.06. The minimum atomic E-state index is -1.07. The van der Waals surface area contributed by atoms with E-state index < -0.39 is 6.17 Å². The van der Waals surface area contributed by atoms with Gasteiger partial charge in [-0.05, 0) is 17.7 Å². The number of methoxy groups -OCH3 is 1. The predicted octanol–water partition coefficient (Wildman–Crippen LogP) is 3.02. The van der Waals surface area contributed by atoms with Crippen LogP contribution in [0.25, 0.3) is 4.85 Å². The molecule has 0 heterocycles. The van der Waals surface area contributed by atoms with E-state index in [-0.39, 0.29) is 13.0 Å². The van der Waals surface area contributed by atoms with Crippen molar-refractivity contribution in [3.8, 4) is 5.75 Å². The van der Waals surface area contributed by atoms with E-state index in [4.69, 9.17) is 11.3 Å². The summed E-state index contributed by atoms with van der Waals surface area (Å²) in [5, 5.41) is 0. The maximum Gasteiger partial charge on any atom is 0.217 e. The van der Waals surface area contributed by atoms with Crippen LogP contribution in [0.4, 0.5) is 4.39 Å². The Morgan fingerprint density at radius 3 is 3.00 bits per heavy atom. The van der Waals surface area contributed by atoms with Crippen molar-refractivity contribution in [1.29, 1.82) is 0 Å². The van der Waals surface area contributed by atoms with E-state index in [0.29, 0.717) is 11.3 Å². The number of hydrogen-bond acceptors (Lipinski definition) is 1. The van der Waals surface area contributed by atoms with Crippen LogP contribution >= 0.6 is 0 Å². The normalized spacial score (nSPS) is 11.8. The molecule has 0 aliphatic heterocycles. The highest BCUT2D eigenvalue weighted by Crippen LogP contribution is 2.24. The number of hydrogen-bond donors (Lipinski definition) is 0. The van der Waals surface area contributed by atoms with Crippen molar-refractivity contribution < 1.29 is 9.13 Å². The Bertz CT molecular complexity index is 332. The average Bonchev–Trinajstić information content (AvgIpc) is 2.26. The molecule has 74 valence electrons. The summed E-state index contributed by atoms with van der Waals surface area (Å²) in [5.74, 6) is 0.646. The van der Waals surface area contributed by atoms with Crippen molar-refractivity contribution in [2.75, 3.05) is 13.7 Å². The molecule has 0 aliphatic rings. The maximum atomic E-state index is 13.4. The van der Waals surface area contributed by atoms with Gasteiger partial charge in [0.1, 0.15) is 11.9 Å². The van der Waals surface area contributed by atoms with E-state index in [1.807, 2.05) is 0 Å². The van der Waals surface area contributed by atoms with Crippen LogP contribution in [0.2, 0.25) is 0 Å². The molecule has 0 aliphatic carbocycles. The quantitative estimate of drug-likeness (QED) is 0.670. The van der Waals surface area contributed by atoms with Gasteiger partial charge in [0.15, 0.2) is 0 Å². The Kier molecular flexibility index (Phi) is 3.93. The zero-order valence-corrected chi connectivity index (χ0v) is 8.03. The van der Waals surface area contributed by atoms with Gasteiger partial charge in [0.05, 0.1) is 13.5 Å². The fourth-order valence-corrected chi connectivity index (χ4v) is 1.18. The number of halogens is 1. The maximum absolute atomic E-state index is 13.4. The summed E-state index contributed by atoms with van der Waals surface area (Å²) in [4.78, 5) is 3.12. The van der Waals surface area contributed by atoms with Gasteiger partial charge in [-0.2, -0.15) is 0 Å². The largest absolute Gasteiger partial charge is 0.497 e. The van der Waals surface area contributed by atoms with Crippen molar-refractivity contribution in [2.24, 2.45) is 0 Å². The molecule has 0 saturated heterocycles. The van der Waals surface area contributed by atoms with E-state index in [2.05, 4.69) is 4.85 Å². The second-order valence-electron chi connectivity index (χ2n) is 2.91. The fraction of sp³-hybridized carbons (Fsp3) is 0.364. The summed E-state index contributed by atoms with van der Waals surface area (Å²) in [6.45, 7) is 6.79. The number of benzene rings is 1. The van der Waals surface area contributed by atoms with Crippen molar-refractivity contribution in [3.63, 3.8) is 0 Å². The summed E-state index contributed by atoms with van der Waals surface area (Å²) in [5.41, 5.74) is 0.577. The van der Waals surface area contributed by atoms with E-state index in [1.165, 1.54) is 0 Å². The van der Waals surface area contributed by atoms with Gasteiger partial charge in [0.25, 0.3) is 0 Å². The number of rotatable bonds is 4. The molecule has 0 saturated carbocycles. The SMILES string of the molecule is [C-]#[N+]CCC(F)c1cccc(OC)c1. The topological polar surface area (TPSA) is 13.6 Å². The molecule has 2 nitrogen and oxygen atoms in total. The first-order chi connectivity index (χ1) is 6.77. The first kappa shape index (κ1) is 10.5. The third-order valence-electron chi connectivity index (χ3n) is 1.95. The summed E-state index contributed by atoms with van der Waals surface area (Å²) in [7, 11) is 1.55. The van der Waals surface area contributed by atoms with Crippen LogP contribution in [0.5, 0.6) is 5.75 Å². The zero-order chi connectivity index (χ0) is 10.4. The lowest BCUT2D eigenvalue weighted by molar-refractivity contribution is 0.330. The number of ether oxygens (including phenoxy) is 1. The van der Waals surface area contributed by atoms with Crippen LogP contribution in [-0.2, 0) is 0 Å². The van der Waals surface area contributed by atoms with Crippen molar-refractivity contribution in [2.45, 2.75) is 12.6 Å². The van der Waals surface area contributed by atoms with Gasteiger partial charge >= 0.3 is 0 Å². The van der Waals surface area contributed by atoms with Gasteiger partial charge < -0.3 is 9.58 Å². The van der Waals surface area contributed by atoms with E-state index >= 15 is 0 Å². The molecule has 1 aromatic carbocycles. The smallest absolute Gasteiger partial charge is 0.217 e. The highest BCUT2D eigenvalue weighted by atomic mass is 19.1. The standard InChI is InChI=1S/C11H12FNO/c1-13-7-6-11(12)9-4-3-5-10(8-9)14-2/h3-5,8,11H,6-7H2,2H3.